The van der Waals surface area contributed by atoms with E-state index in [-0.39, 0.29) is 5.91 Å². The molecule has 0 radical (unpaired) electrons. The molecule has 1 amide bonds. The molecular formula is C12H18N2OS. The van der Waals surface area contributed by atoms with Gasteiger partial charge < -0.3 is 10.2 Å². The number of hydrogen-bond acceptors (Lipinski definition) is 3. The number of nitrogens with zero attached hydrogens (tertiary/aromatic N) is 1. The van der Waals surface area contributed by atoms with E-state index < -0.39 is 0 Å². The number of thiophene rings is 1. The van der Waals surface area contributed by atoms with Gasteiger partial charge in [-0.05, 0) is 50.8 Å². The SMILES string of the molecule is CN1CCCC(NC(=O)c2cccs2)CC1. The maximum Gasteiger partial charge on any atom is 0.261 e. The molecule has 0 spiro atoms. The van der Waals surface area contributed by atoms with E-state index in [0.29, 0.717) is 6.04 Å². The first-order valence-electron chi connectivity index (χ1n) is 5.78. The molecule has 1 atom stereocenters. The van der Waals surface area contributed by atoms with Crippen molar-refractivity contribution in [1.29, 1.82) is 0 Å². The zero-order valence-electron chi connectivity index (χ0n) is 9.61. The monoisotopic (exact) mass is 238 g/mol. The number of rotatable bonds is 2. The second-order valence-corrected chi connectivity index (χ2v) is 5.33. The summed E-state index contributed by atoms with van der Waals surface area (Å²) >= 11 is 1.50. The van der Waals surface area contributed by atoms with Crippen LogP contribution in [-0.2, 0) is 0 Å². The Labute approximate surface area is 100 Å². The topological polar surface area (TPSA) is 32.3 Å². The van der Waals surface area contributed by atoms with Gasteiger partial charge in [-0.2, -0.15) is 0 Å². The third-order valence-electron chi connectivity index (χ3n) is 3.03. The number of amides is 1. The van der Waals surface area contributed by atoms with E-state index in [4.69, 9.17) is 0 Å². The lowest BCUT2D eigenvalue weighted by atomic mass is 10.1. The fraction of sp³-hybridized carbons (Fsp3) is 0.583. The molecule has 1 unspecified atom stereocenters. The van der Waals surface area contributed by atoms with E-state index in [0.717, 1.165) is 30.8 Å². The summed E-state index contributed by atoms with van der Waals surface area (Å²) in [5.41, 5.74) is 0. The molecular weight excluding hydrogens is 220 g/mol. The van der Waals surface area contributed by atoms with Crippen molar-refractivity contribution in [2.75, 3.05) is 20.1 Å². The van der Waals surface area contributed by atoms with Crippen LogP contribution >= 0.6 is 11.3 Å². The maximum atomic E-state index is 11.9. The van der Waals surface area contributed by atoms with Crippen LogP contribution in [0.5, 0.6) is 0 Å². The van der Waals surface area contributed by atoms with Crippen molar-refractivity contribution >= 4 is 17.2 Å². The number of hydrogen-bond donors (Lipinski definition) is 1. The van der Waals surface area contributed by atoms with Crippen LogP contribution < -0.4 is 5.32 Å². The quantitative estimate of drug-likeness (QED) is 0.854. The summed E-state index contributed by atoms with van der Waals surface area (Å²) in [4.78, 5) is 15.0. The second-order valence-electron chi connectivity index (χ2n) is 4.38. The molecule has 1 saturated heterocycles. The summed E-state index contributed by atoms with van der Waals surface area (Å²) in [5.74, 6) is 0.0875. The first-order chi connectivity index (χ1) is 7.75. The van der Waals surface area contributed by atoms with E-state index in [9.17, 15) is 4.79 Å². The van der Waals surface area contributed by atoms with Crippen molar-refractivity contribution in [1.82, 2.24) is 10.2 Å². The van der Waals surface area contributed by atoms with Crippen molar-refractivity contribution in [2.45, 2.75) is 25.3 Å². The molecule has 2 rings (SSSR count). The van der Waals surface area contributed by atoms with Crippen molar-refractivity contribution in [3.63, 3.8) is 0 Å². The molecule has 0 bridgehead atoms. The molecule has 0 aliphatic carbocycles. The summed E-state index contributed by atoms with van der Waals surface area (Å²) < 4.78 is 0. The van der Waals surface area contributed by atoms with Crippen molar-refractivity contribution in [3.05, 3.63) is 22.4 Å². The largest absolute Gasteiger partial charge is 0.349 e. The minimum absolute atomic E-state index is 0.0875. The molecule has 1 aliphatic rings. The highest BCUT2D eigenvalue weighted by atomic mass is 32.1. The number of carbonyl (C=O) groups excluding carboxylic acids is 1. The molecule has 0 saturated carbocycles. The lowest BCUT2D eigenvalue weighted by Crippen LogP contribution is -2.35. The third-order valence-corrected chi connectivity index (χ3v) is 3.90. The average Bonchev–Trinajstić information content (AvgIpc) is 2.72. The van der Waals surface area contributed by atoms with Crippen molar-refractivity contribution in [2.24, 2.45) is 0 Å². The highest BCUT2D eigenvalue weighted by Gasteiger charge is 2.17. The summed E-state index contributed by atoms with van der Waals surface area (Å²) in [6.07, 6.45) is 3.33. The molecule has 1 fully saturated rings. The molecule has 4 heteroatoms. The average molecular weight is 238 g/mol. The predicted molar refractivity (Wildman–Crippen MR) is 66.9 cm³/mol. The fourth-order valence-corrected chi connectivity index (χ4v) is 2.68. The molecule has 88 valence electrons. The van der Waals surface area contributed by atoms with E-state index in [1.54, 1.807) is 0 Å². The molecule has 1 aromatic rings. The standard InChI is InChI=1S/C12H18N2OS/c1-14-7-2-4-10(6-8-14)13-12(15)11-5-3-9-16-11/h3,5,9-10H,2,4,6-8H2,1H3,(H,13,15). The molecule has 1 aliphatic heterocycles. The smallest absolute Gasteiger partial charge is 0.261 e. The van der Waals surface area contributed by atoms with Gasteiger partial charge in [-0.1, -0.05) is 6.07 Å². The summed E-state index contributed by atoms with van der Waals surface area (Å²) in [6.45, 7) is 2.22. The van der Waals surface area contributed by atoms with Crippen LogP contribution in [-0.4, -0.2) is 37.0 Å². The van der Waals surface area contributed by atoms with E-state index >= 15 is 0 Å². The molecule has 1 aromatic heterocycles. The minimum atomic E-state index is 0.0875. The van der Waals surface area contributed by atoms with Crippen LogP contribution in [0.2, 0.25) is 0 Å². The van der Waals surface area contributed by atoms with Gasteiger partial charge in [0.2, 0.25) is 0 Å². The highest BCUT2D eigenvalue weighted by molar-refractivity contribution is 7.12. The third kappa shape index (κ3) is 3.06. The number of likely N-dealkylation sites (tertiary alicyclic amines) is 1. The van der Waals surface area contributed by atoms with Gasteiger partial charge in [-0.15, -0.1) is 11.3 Å². The zero-order valence-corrected chi connectivity index (χ0v) is 10.4. The van der Waals surface area contributed by atoms with Gasteiger partial charge in [-0.3, -0.25) is 4.79 Å². The van der Waals surface area contributed by atoms with Gasteiger partial charge in [0.1, 0.15) is 0 Å². The zero-order chi connectivity index (χ0) is 11.4. The molecule has 2 heterocycles. The van der Waals surface area contributed by atoms with Gasteiger partial charge in [0, 0.05) is 6.04 Å². The Morgan fingerprint density at radius 2 is 2.38 bits per heavy atom. The van der Waals surface area contributed by atoms with Crippen LogP contribution in [0.4, 0.5) is 0 Å². The van der Waals surface area contributed by atoms with Crippen molar-refractivity contribution in [3.8, 4) is 0 Å². The van der Waals surface area contributed by atoms with E-state index in [2.05, 4.69) is 17.3 Å². The van der Waals surface area contributed by atoms with Gasteiger partial charge in [0.05, 0.1) is 4.88 Å². The molecule has 16 heavy (non-hydrogen) atoms. The van der Waals surface area contributed by atoms with Crippen LogP contribution in [0.3, 0.4) is 0 Å². The van der Waals surface area contributed by atoms with E-state index in [1.807, 2.05) is 17.5 Å². The lowest BCUT2D eigenvalue weighted by molar-refractivity contribution is 0.0937. The Morgan fingerprint density at radius 1 is 1.50 bits per heavy atom. The van der Waals surface area contributed by atoms with Crippen molar-refractivity contribution < 1.29 is 4.79 Å². The summed E-state index contributed by atoms with van der Waals surface area (Å²) in [7, 11) is 2.14. The minimum Gasteiger partial charge on any atom is -0.349 e. The van der Waals surface area contributed by atoms with Crippen LogP contribution in [0.15, 0.2) is 17.5 Å². The summed E-state index contributed by atoms with van der Waals surface area (Å²) in [5, 5.41) is 5.07. The fourth-order valence-electron chi connectivity index (χ4n) is 2.05. The Balaban J connectivity index is 1.87. The predicted octanol–water partition coefficient (Wildman–Crippen LogP) is 1.96. The van der Waals surface area contributed by atoms with E-state index in [1.165, 1.54) is 17.8 Å². The first-order valence-corrected chi connectivity index (χ1v) is 6.66. The molecule has 1 N–H and O–H groups in total. The van der Waals surface area contributed by atoms with Gasteiger partial charge in [-0.25, -0.2) is 0 Å². The lowest BCUT2D eigenvalue weighted by Gasteiger charge is -2.16. The highest BCUT2D eigenvalue weighted by Crippen LogP contribution is 2.12. The van der Waals surface area contributed by atoms with Crippen LogP contribution in [0.25, 0.3) is 0 Å². The van der Waals surface area contributed by atoms with Gasteiger partial charge in [0.15, 0.2) is 0 Å². The Hall–Kier alpha value is -0.870. The Kier molecular flexibility index (Phi) is 3.96. The Bertz CT molecular complexity index is 337. The van der Waals surface area contributed by atoms with Gasteiger partial charge >= 0.3 is 0 Å². The first kappa shape index (κ1) is 11.6. The number of carbonyl (C=O) groups is 1. The second kappa shape index (κ2) is 5.46. The van der Waals surface area contributed by atoms with Gasteiger partial charge in [0.25, 0.3) is 5.91 Å². The number of nitrogens with one attached hydrogen (secondary N) is 1. The molecule has 0 aromatic carbocycles. The van der Waals surface area contributed by atoms with Crippen LogP contribution in [0, 0.1) is 0 Å². The Morgan fingerprint density at radius 3 is 3.12 bits per heavy atom. The molecule has 3 nitrogen and oxygen atoms in total. The normalized spacial score (nSPS) is 22.7. The summed E-state index contributed by atoms with van der Waals surface area (Å²) in [6, 6.07) is 4.14. The van der Waals surface area contributed by atoms with Crippen LogP contribution in [0.1, 0.15) is 28.9 Å². The maximum absolute atomic E-state index is 11.9.